The van der Waals surface area contributed by atoms with E-state index >= 15 is 0 Å². The lowest BCUT2D eigenvalue weighted by molar-refractivity contribution is 0.202. The zero-order valence-electron chi connectivity index (χ0n) is 13.2. The smallest absolute Gasteiger partial charge is 0.295 e. The van der Waals surface area contributed by atoms with E-state index in [1.807, 2.05) is 24.3 Å². The van der Waals surface area contributed by atoms with Crippen molar-refractivity contribution < 1.29 is 9.59 Å². The highest BCUT2D eigenvalue weighted by Crippen LogP contribution is 2.15. The van der Waals surface area contributed by atoms with Gasteiger partial charge in [0, 0.05) is 22.4 Å². The Morgan fingerprint density at radius 1 is 0.680 bits per heavy atom. The van der Waals surface area contributed by atoms with E-state index in [2.05, 4.69) is 5.32 Å². The monoisotopic (exact) mass is 375 g/mol. The van der Waals surface area contributed by atoms with Crippen LogP contribution in [0.3, 0.4) is 0 Å². The summed E-state index contributed by atoms with van der Waals surface area (Å²) in [7, 11) is 0. The van der Waals surface area contributed by atoms with Crippen LogP contribution in [0.15, 0.2) is 60.9 Å². The first-order valence-corrected chi connectivity index (χ1v) is 8.32. The molecule has 4 amide bonds. The fraction of sp³-hybridized carbons (Fsp3) is 0.111. The van der Waals surface area contributed by atoms with Crippen molar-refractivity contribution in [1.29, 1.82) is 0 Å². The van der Waals surface area contributed by atoms with Crippen LogP contribution in [0.25, 0.3) is 0 Å². The largest absolute Gasteiger partial charge is 0.329 e. The molecule has 0 saturated carbocycles. The molecule has 3 rings (SSSR count). The zero-order chi connectivity index (χ0) is 17.8. The summed E-state index contributed by atoms with van der Waals surface area (Å²) < 4.78 is 0. The first-order valence-electron chi connectivity index (χ1n) is 7.57. The molecule has 2 aromatic carbocycles. The van der Waals surface area contributed by atoms with Gasteiger partial charge in [-0.1, -0.05) is 47.5 Å². The van der Waals surface area contributed by atoms with Gasteiger partial charge in [0.05, 0.1) is 13.1 Å². The van der Waals surface area contributed by atoms with E-state index in [9.17, 15) is 9.59 Å². The van der Waals surface area contributed by atoms with Crippen molar-refractivity contribution in [1.82, 2.24) is 15.1 Å². The molecule has 1 aliphatic heterocycles. The third-order valence-corrected chi connectivity index (χ3v) is 4.20. The summed E-state index contributed by atoms with van der Waals surface area (Å²) in [5.41, 5.74) is 1.81. The van der Waals surface area contributed by atoms with Crippen LogP contribution >= 0.6 is 23.2 Å². The number of carbonyl (C=O) groups is 2. The number of nitrogens with zero attached hydrogens (tertiary/aromatic N) is 2. The minimum absolute atomic E-state index is 0.335. The number of imide groups is 1. The molecule has 25 heavy (non-hydrogen) atoms. The normalized spacial score (nSPS) is 14.5. The molecule has 0 atom stereocenters. The molecular formula is C18H15Cl2N3O2. The summed E-state index contributed by atoms with van der Waals surface area (Å²) in [6.45, 7) is 0.670. The second-order valence-corrected chi connectivity index (χ2v) is 6.42. The van der Waals surface area contributed by atoms with Gasteiger partial charge in [-0.3, -0.25) is 15.1 Å². The third-order valence-electron chi connectivity index (χ3n) is 3.69. The van der Waals surface area contributed by atoms with E-state index in [4.69, 9.17) is 23.2 Å². The van der Waals surface area contributed by atoms with Crippen LogP contribution in [0.4, 0.5) is 9.59 Å². The SMILES string of the molecule is O=C1NC(=O)N(Cc2ccc(Cl)cc2)C=CN1Cc1ccc(Cl)cc1. The number of urea groups is 2. The molecule has 0 unspecified atom stereocenters. The highest BCUT2D eigenvalue weighted by Gasteiger charge is 2.22. The molecule has 0 radical (unpaired) electrons. The molecule has 0 bridgehead atoms. The Morgan fingerprint density at radius 3 is 1.40 bits per heavy atom. The maximum Gasteiger partial charge on any atom is 0.329 e. The van der Waals surface area contributed by atoms with E-state index in [1.165, 1.54) is 9.80 Å². The fourth-order valence-electron chi connectivity index (χ4n) is 2.35. The van der Waals surface area contributed by atoms with Crippen LogP contribution in [0.2, 0.25) is 10.0 Å². The molecule has 7 heteroatoms. The molecule has 1 N–H and O–H groups in total. The Labute approximate surface area is 155 Å². The maximum atomic E-state index is 12.2. The first-order chi connectivity index (χ1) is 12.0. The van der Waals surface area contributed by atoms with Gasteiger partial charge in [-0.15, -0.1) is 0 Å². The average Bonchev–Trinajstić information content (AvgIpc) is 2.72. The Balaban J connectivity index is 1.72. The van der Waals surface area contributed by atoms with Gasteiger partial charge in [0.25, 0.3) is 0 Å². The van der Waals surface area contributed by atoms with Gasteiger partial charge in [0.15, 0.2) is 0 Å². The topological polar surface area (TPSA) is 52.7 Å². The molecular weight excluding hydrogens is 361 g/mol. The van der Waals surface area contributed by atoms with Crippen molar-refractivity contribution in [2.24, 2.45) is 0 Å². The first kappa shape index (κ1) is 17.3. The standard InChI is InChI=1S/C18H15Cl2N3O2/c19-15-5-1-13(2-6-15)11-22-9-10-23(18(25)21-17(22)24)12-14-3-7-16(20)8-4-14/h1-10H,11-12H2,(H,21,24,25). The number of nitrogens with one attached hydrogen (secondary N) is 1. The van der Waals surface area contributed by atoms with Crippen LogP contribution < -0.4 is 5.32 Å². The summed E-state index contributed by atoms with van der Waals surface area (Å²) in [6, 6.07) is 13.4. The van der Waals surface area contributed by atoms with Crippen molar-refractivity contribution in [3.05, 3.63) is 82.1 Å². The number of rotatable bonds is 4. The van der Waals surface area contributed by atoms with Crippen LogP contribution in [-0.4, -0.2) is 21.9 Å². The molecule has 0 aromatic heterocycles. The summed E-state index contributed by atoms with van der Waals surface area (Å²) in [5.74, 6) is 0. The number of amides is 4. The predicted octanol–water partition coefficient (Wildman–Crippen LogP) is 4.61. The summed E-state index contributed by atoms with van der Waals surface area (Å²) in [6.07, 6.45) is 3.18. The second kappa shape index (κ2) is 7.59. The lowest BCUT2D eigenvalue weighted by atomic mass is 10.2. The van der Waals surface area contributed by atoms with Gasteiger partial charge in [-0.2, -0.15) is 0 Å². The van der Waals surface area contributed by atoms with Crippen molar-refractivity contribution in [2.45, 2.75) is 13.1 Å². The third kappa shape index (κ3) is 4.53. The molecule has 0 saturated heterocycles. The Bertz CT molecular complexity index is 737. The zero-order valence-corrected chi connectivity index (χ0v) is 14.7. The highest BCUT2D eigenvalue weighted by atomic mass is 35.5. The van der Waals surface area contributed by atoms with Gasteiger partial charge in [-0.25, -0.2) is 9.59 Å². The maximum absolute atomic E-state index is 12.2. The molecule has 2 aromatic rings. The van der Waals surface area contributed by atoms with Crippen LogP contribution in [0.1, 0.15) is 11.1 Å². The van der Waals surface area contributed by atoms with Crippen LogP contribution in [0, 0.1) is 0 Å². The molecule has 0 fully saturated rings. The van der Waals surface area contributed by atoms with E-state index < -0.39 is 12.1 Å². The lowest BCUT2D eigenvalue weighted by Gasteiger charge is -2.17. The average molecular weight is 376 g/mol. The number of hydrogen-bond donors (Lipinski definition) is 1. The van der Waals surface area contributed by atoms with Gasteiger partial charge < -0.3 is 0 Å². The van der Waals surface area contributed by atoms with Crippen LogP contribution in [0.5, 0.6) is 0 Å². The van der Waals surface area contributed by atoms with Gasteiger partial charge in [0.1, 0.15) is 0 Å². The fourth-order valence-corrected chi connectivity index (χ4v) is 2.61. The molecule has 0 spiro atoms. The summed E-state index contributed by atoms with van der Waals surface area (Å²) in [4.78, 5) is 27.3. The number of carbonyl (C=O) groups excluding carboxylic acids is 2. The molecule has 0 aliphatic carbocycles. The van der Waals surface area contributed by atoms with Crippen molar-refractivity contribution >= 4 is 35.3 Å². The minimum atomic E-state index is -0.477. The number of benzene rings is 2. The molecule has 1 heterocycles. The summed E-state index contributed by atoms with van der Waals surface area (Å²) in [5, 5.41) is 3.62. The summed E-state index contributed by atoms with van der Waals surface area (Å²) >= 11 is 11.7. The Hall–Kier alpha value is -2.50. The lowest BCUT2D eigenvalue weighted by Crippen LogP contribution is -2.42. The van der Waals surface area contributed by atoms with Crippen LogP contribution in [-0.2, 0) is 13.1 Å². The minimum Gasteiger partial charge on any atom is -0.295 e. The van der Waals surface area contributed by atoms with Crippen molar-refractivity contribution in [3.63, 3.8) is 0 Å². The molecule has 1 aliphatic rings. The van der Waals surface area contributed by atoms with E-state index in [-0.39, 0.29) is 0 Å². The quantitative estimate of drug-likeness (QED) is 0.847. The van der Waals surface area contributed by atoms with Gasteiger partial charge >= 0.3 is 12.1 Å². The number of hydrogen-bond acceptors (Lipinski definition) is 2. The second-order valence-electron chi connectivity index (χ2n) is 5.54. The van der Waals surface area contributed by atoms with Crippen molar-refractivity contribution in [3.8, 4) is 0 Å². The highest BCUT2D eigenvalue weighted by molar-refractivity contribution is 6.30. The molecule has 5 nitrogen and oxygen atoms in total. The molecule has 128 valence electrons. The van der Waals surface area contributed by atoms with Gasteiger partial charge in [0.2, 0.25) is 0 Å². The van der Waals surface area contributed by atoms with Crippen molar-refractivity contribution in [2.75, 3.05) is 0 Å². The van der Waals surface area contributed by atoms with E-state index in [0.717, 1.165) is 11.1 Å². The Morgan fingerprint density at radius 2 is 1.04 bits per heavy atom. The predicted molar refractivity (Wildman–Crippen MR) is 97.1 cm³/mol. The number of halogens is 2. The Kier molecular flexibility index (Phi) is 5.26. The van der Waals surface area contributed by atoms with Gasteiger partial charge in [-0.05, 0) is 35.4 Å². The van der Waals surface area contributed by atoms with E-state index in [1.54, 1.807) is 36.7 Å². The van der Waals surface area contributed by atoms with E-state index in [0.29, 0.717) is 23.1 Å².